The van der Waals surface area contributed by atoms with E-state index in [1.54, 1.807) is 0 Å². The van der Waals surface area contributed by atoms with Gasteiger partial charge in [0.25, 0.3) is 0 Å². The predicted octanol–water partition coefficient (Wildman–Crippen LogP) is 0.665. The van der Waals surface area contributed by atoms with Crippen LogP contribution in [0.3, 0.4) is 0 Å². The van der Waals surface area contributed by atoms with Gasteiger partial charge >= 0.3 is 5.97 Å². The molecular formula is C6H9ClO3. The Balaban J connectivity index is 3.48. The van der Waals surface area contributed by atoms with E-state index in [-0.39, 0.29) is 19.2 Å². The molecule has 0 amide bonds. The summed E-state index contributed by atoms with van der Waals surface area (Å²) in [7, 11) is 0. The van der Waals surface area contributed by atoms with Crippen LogP contribution in [0.4, 0.5) is 0 Å². The number of hydrogen-bond donors (Lipinski definition) is 1. The van der Waals surface area contributed by atoms with Gasteiger partial charge in [-0.15, -0.1) is 0 Å². The topological polar surface area (TPSA) is 46.5 Å². The van der Waals surface area contributed by atoms with Crippen molar-refractivity contribution in [2.24, 2.45) is 0 Å². The first kappa shape index (κ1) is 9.46. The highest BCUT2D eigenvalue weighted by molar-refractivity contribution is 6.29. The van der Waals surface area contributed by atoms with Crippen LogP contribution in [0.15, 0.2) is 11.1 Å². The standard InChI is InChI=1S/C6H9ClO3/c1-5(9)10-4-6(7)2-3-8/h2,8H,3-4H2,1H3/b6-2-. The Kier molecular flexibility index (Phi) is 4.98. The van der Waals surface area contributed by atoms with Gasteiger partial charge in [0.15, 0.2) is 0 Å². The highest BCUT2D eigenvalue weighted by Gasteiger charge is 1.94. The van der Waals surface area contributed by atoms with Crippen LogP contribution in [-0.4, -0.2) is 24.3 Å². The van der Waals surface area contributed by atoms with Crippen LogP contribution >= 0.6 is 11.6 Å². The van der Waals surface area contributed by atoms with Crippen molar-refractivity contribution in [1.82, 2.24) is 0 Å². The van der Waals surface area contributed by atoms with E-state index in [1.807, 2.05) is 0 Å². The second kappa shape index (κ2) is 5.26. The lowest BCUT2D eigenvalue weighted by Crippen LogP contribution is -2.00. The van der Waals surface area contributed by atoms with Crippen LogP contribution in [0.25, 0.3) is 0 Å². The second-order valence-corrected chi connectivity index (χ2v) is 2.10. The molecule has 0 bridgehead atoms. The third-order valence-electron chi connectivity index (χ3n) is 0.726. The maximum absolute atomic E-state index is 10.2. The molecule has 0 spiro atoms. The zero-order valence-corrected chi connectivity index (χ0v) is 6.39. The summed E-state index contributed by atoms with van der Waals surface area (Å²) in [4.78, 5) is 10.2. The molecule has 10 heavy (non-hydrogen) atoms. The lowest BCUT2D eigenvalue weighted by Gasteiger charge is -1.97. The molecule has 0 fully saturated rings. The lowest BCUT2D eigenvalue weighted by atomic mass is 10.5. The van der Waals surface area contributed by atoms with Gasteiger partial charge in [0.2, 0.25) is 0 Å². The largest absolute Gasteiger partial charge is 0.460 e. The zero-order valence-electron chi connectivity index (χ0n) is 5.63. The van der Waals surface area contributed by atoms with Crippen LogP contribution in [0.1, 0.15) is 6.92 Å². The first-order valence-electron chi connectivity index (χ1n) is 2.75. The van der Waals surface area contributed by atoms with Gasteiger partial charge in [-0.3, -0.25) is 4.79 Å². The van der Waals surface area contributed by atoms with Crippen molar-refractivity contribution in [2.45, 2.75) is 6.92 Å². The molecule has 0 aromatic rings. The molecule has 0 aromatic heterocycles. The number of esters is 1. The minimum absolute atomic E-state index is 0.0391. The lowest BCUT2D eigenvalue weighted by molar-refractivity contribution is -0.139. The van der Waals surface area contributed by atoms with Crippen molar-refractivity contribution in [2.75, 3.05) is 13.2 Å². The molecular weight excluding hydrogens is 156 g/mol. The quantitative estimate of drug-likeness (QED) is 0.624. The molecule has 0 aromatic carbocycles. The Morgan fingerprint density at radius 2 is 2.40 bits per heavy atom. The number of halogens is 1. The average molecular weight is 165 g/mol. The molecule has 0 aliphatic carbocycles. The van der Waals surface area contributed by atoms with E-state index in [0.717, 1.165) is 0 Å². The maximum Gasteiger partial charge on any atom is 0.302 e. The van der Waals surface area contributed by atoms with Gasteiger partial charge < -0.3 is 9.84 Å². The Bertz CT molecular complexity index is 142. The van der Waals surface area contributed by atoms with Crippen molar-refractivity contribution < 1.29 is 14.6 Å². The molecule has 0 radical (unpaired) electrons. The highest BCUT2D eigenvalue weighted by Crippen LogP contribution is 2.00. The molecule has 4 heteroatoms. The smallest absolute Gasteiger partial charge is 0.302 e. The summed E-state index contributed by atoms with van der Waals surface area (Å²) in [6, 6.07) is 0. The first-order valence-corrected chi connectivity index (χ1v) is 3.13. The molecule has 58 valence electrons. The number of hydrogen-bond acceptors (Lipinski definition) is 3. The van der Waals surface area contributed by atoms with Crippen molar-refractivity contribution in [1.29, 1.82) is 0 Å². The molecule has 0 saturated carbocycles. The van der Waals surface area contributed by atoms with E-state index in [2.05, 4.69) is 4.74 Å². The molecule has 0 aliphatic rings. The Hall–Kier alpha value is -0.540. The Morgan fingerprint density at radius 1 is 1.80 bits per heavy atom. The molecule has 0 atom stereocenters. The van der Waals surface area contributed by atoms with Gasteiger partial charge in [0.1, 0.15) is 6.61 Å². The molecule has 0 saturated heterocycles. The van der Waals surface area contributed by atoms with E-state index >= 15 is 0 Å². The van der Waals surface area contributed by atoms with Crippen molar-refractivity contribution in [3.8, 4) is 0 Å². The summed E-state index contributed by atoms with van der Waals surface area (Å²) in [5, 5.41) is 8.63. The highest BCUT2D eigenvalue weighted by atomic mass is 35.5. The van der Waals surface area contributed by atoms with Gasteiger partial charge in [-0.25, -0.2) is 0 Å². The first-order chi connectivity index (χ1) is 4.66. The molecule has 0 rings (SSSR count). The monoisotopic (exact) mass is 164 g/mol. The normalized spacial score (nSPS) is 11.3. The van der Waals surface area contributed by atoms with E-state index in [0.29, 0.717) is 5.03 Å². The van der Waals surface area contributed by atoms with Gasteiger partial charge in [-0.1, -0.05) is 11.6 Å². The summed E-state index contributed by atoms with van der Waals surface area (Å²) < 4.78 is 4.51. The van der Waals surface area contributed by atoms with Gasteiger partial charge in [-0.2, -0.15) is 0 Å². The fourth-order valence-electron chi connectivity index (χ4n) is 0.329. The Labute approximate surface area is 64.2 Å². The summed E-state index contributed by atoms with van der Waals surface area (Å²) in [5.74, 6) is -0.385. The minimum Gasteiger partial charge on any atom is -0.460 e. The summed E-state index contributed by atoms with van der Waals surface area (Å²) >= 11 is 5.45. The van der Waals surface area contributed by atoms with Crippen LogP contribution in [0, 0.1) is 0 Å². The van der Waals surface area contributed by atoms with E-state index in [1.165, 1.54) is 13.0 Å². The third kappa shape index (κ3) is 5.59. The molecule has 3 nitrogen and oxygen atoms in total. The predicted molar refractivity (Wildman–Crippen MR) is 37.7 cm³/mol. The maximum atomic E-state index is 10.2. The van der Waals surface area contributed by atoms with E-state index in [9.17, 15) is 4.79 Å². The fourth-order valence-corrected chi connectivity index (χ4v) is 0.452. The zero-order chi connectivity index (χ0) is 7.98. The van der Waals surface area contributed by atoms with Crippen molar-refractivity contribution in [3.05, 3.63) is 11.1 Å². The van der Waals surface area contributed by atoms with Gasteiger partial charge in [0, 0.05) is 6.92 Å². The number of carbonyl (C=O) groups excluding carboxylic acids is 1. The summed E-state index contributed by atoms with van der Waals surface area (Å²) in [5.41, 5.74) is 0. The number of aliphatic hydroxyl groups excluding tert-OH is 1. The van der Waals surface area contributed by atoms with E-state index < -0.39 is 0 Å². The Morgan fingerprint density at radius 3 is 2.80 bits per heavy atom. The third-order valence-corrected chi connectivity index (χ3v) is 0.990. The SMILES string of the molecule is CC(=O)OC/C(Cl)=C/CO. The number of aliphatic hydroxyl groups is 1. The van der Waals surface area contributed by atoms with Gasteiger partial charge in [-0.05, 0) is 6.08 Å². The summed E-state index contributed by atoms with van der Waals surface area (Å²) in [6.07, 6.45) is 1.37. The van der Waals surface area contributed by atoms with Crippen LogP contribution in [0.5, 0.6) is 0 Å². The number of rotatable bonds is 3. The summed E-state index contributed by atoms with van der Waals surface area (Å²) in [6.45, 7) is 1.20. The minimum atomic E-state index is -0.385. The fraction of sp³-hybridized carbons (Fsp3) is 0.500. The molecule has 0 unspecified atom stereocenters. The van der Waals surface area contributed by atoms with Crippen molar-refractivity contribution in [3.63, 3.8) is 0 Å². The number of carbonyl (C=O) groups is 1. The number of ether oxygens (including phenoxy) is 1. The average Bonchev–Trinajstić information content (AvgIpc) is 1.85. The van der Waals surface area contributed by atoms with Crippen molar-refractivity contribution >= 4 is 17.6 Å². The molecule has 0 heterocycles. The van der Waals surface area contributed by atoms with E-state index in [4.69, 9.17) is 16.7 Å². The van der Waals surface area contributed by atoms with Crippen LogP contribution < -0.4 is 0 Å². The van der Waals surface area contributed by atoms with Gasteiger partial charge in [0.05, 0.1) is 11.6 Å². The second-order valence-electron chi connectivity index (χ2n) is 1.61. The molecule has 0 aliphatic heterocycles. The van der Waals surface area contributed by atoms with Crippen LogP contribution in [-0.2, 0) is 9.53 Å². The van der Waals surface area contributed by atoms with Crippen LogP contribution in [0.2, 0.25) is 0 Å². The molecule has 1 N–H and O–H groups in total.